The molecule has 1 atom stereocenters. The van der Waals surface area contributed by atoms with Gasteiger partial charge in [0.25, 0.3) is 0 Å². The molecule has 0 spiro atoms. The molecular formula is C16H26BrNS. The van der Waals surface area contributed by atoms with Gasteiger partial charge >= 0.3 is 0 Å². The lowest BCUT2D eigenvalue weighted by molar-refractivity contribution is 0.340. The van der Waals surface area contributed by atoms with Crippen LogP contribution in [0.5, 0.6) is 0 Å². The van der Waals surface area contributed by atoms with Crippen molar-refractivity contribution in [1.82, 2.24) is 5.32 Å². The van der Waals surface area contributed by atoms with Gasteiger partial charge in [-0.25, -0.2) is 0 Å². The maximum Gasteiger partial charge on any atom is 0.0176 e. The number of thioether (sulfide) groups is 1. The molecule has 0 radical (unpaired) electrons. The van der Waals surface area contributed by atoms with Gasteiger partial charge in [-0.15, -0.1) is 11.8 Å². The van der Waals surface area contributed by atoms with Gasteiger partial charge in [0.05, 0.1) is 0 Å². The molecule has 1 aromatic rings. The Balaban J connectivity index is 2.42. The summed E-state index contributed by atoms with van der Waals surface area (Å²) < 4.78 is 1.15. The van der Waals surface area contributed by atoms with Gasteiger partial charge in [-0.2, -0.15) is 0 Å². The van der Waals surface area contributed by atoms with Crippen molar-refractivity contribution in [3.05, 3.63) is 28.7 Å². The lowest BCUT2D eigenvalue weighted by atomic mass is 9.89. The van der Waals surface area contributed by atoms with Crippen molar-refractivity contribution < 1.29 is 0 Å². The lowest BCUT2D eigenvalue weighted by Gasteiger charge is -2.23. The van der Waals surface area contributed by atoms with Crippen LogP contribution in [-0.2, 0) is 0 Å². The summed E-state index contributed by atoms with van der Waals surface area (Å²) in [5.41, 5.74) is 0.427. The van der Waals surface area contributed by atoms with E-state index in [1.54, 1.807) is 0 Å². The van der Waals surface area contributed by atoms with Crippen molar-refractivity contribution in [3.8, 4) is 0 Å². The first-order chi connectivity index (χ1) is 8.90. The largest absolute Gasteiger partial charge is 0.313 e. The summed E-state index contributed by atoms with van der Waals surface area (Å²) in [6, 6.07) is 9.19. The van der Waals surface area contributed by atoms with Crippen LogP contribution < -0.4 is 5.32 Å². The van der Waals surface area contributed by atoms with Gasteiger partial charge in [-0.1, -0.05) is 43.6 Å². The van der Waals surface area contributed by atoms with Crippen LogP contribution in [0.4, 0.5) is 0 Å². The third-order valence-corrected chi connectivity index (χ3v) is 4.70. The molecule has 1 rings (SSSR count). The lowest BCUT2D eigenvalue weighted by Crippen LogP contribution is -2.32. The molecule has 1 nitrogen and oxygen atoms in total. The van der Waals surface area contributed by atoms with Crippen molar-refractivity contribution in [2.75, 3.05) is 12.3 Å². The first-order valence-corrected chi connectivity index (χ1v) is 8.80. The summed E-state index contributed by atoms with van der Waals surface area (Å²) in [6.45, 7) is 10.2. The fourth-order valence-electron chi connectivity index (χ4n) is 1.87. The van der Waals surface area contributed by atoms with E-state index >= 15 is 0 Å². The maximum absolute atomic E-state index is 3.61. The normalized spacial score (nSPS) is 13.5. The highest BCUT2D eigenvalue weighted by molar-refractivity contribution is 9.10. The number of halogens is 1. The van der Waals surface area contributed by atoms with Gasteiger partial charge in [0.1, 0.15) is 0 Å². The van der Waals surface area contributed by atoms with Crippen molar-refractivity contribution in [2.24, 2.45) is 5.41 Å². The Morgan fingerprint density at radius 2 is 1.84 bits per heavy atom. The summed E-state index contributed by atoms with van der Waals surface area (Å²) >= 11 is 5.42. The summed E-state index contributed by atoms with van der Waals surface area (Å²) in [7, 11) is 0. The van der Waals surface area contributed by atoms with Crippen LogP contribution >= 0.6 is 27.7 Å². The van der Waals surface area contributed by atoms with Crippen molar-refractivity contribution in [2.45, 2.75) is 51.5 Å². The summed E-state index contributed by atoms with van der Waals surface area (Å²) in [4.78, 5) is 1.35. The smallest absolute Gasteiger partial charge is 0.0176 e. The second-order valence-corrected chi connectivity index (χ2v) is 8.13. The molecule has 0 amide bonds. The first-order valence-electron chi connectivity index (χ1n) is 7.02. The van der Waals surface area contributed by atoms with E-state index in [0.29, 0.717) is 11.5 Å². The molecule has 0 aromatic heterocycles. The minimum absolute atomic E-state index is 0.427. The van der Waals surface area contributed by atoms with E-state index in [0.717, 1.165) is 16.8 Å². The molecule has 0 saturated carbocycles. The van der Waals surface area contributed by atoms with E-state index in [2.05, 4.69) is 73.2 Å². The second-order valence-electron chi connectivity index (χ2n) is 6.12. The fraction of sp³-hybridized carbons (Fsp3) is 0.625. The third-order valence-electron chi connectivity index (χ3n) is 3.00. The summed E-state index contributed by atoms with van der Waals surface area (Å²) in [5, 5.41) is 3.61. The first kappa shape index (κ1) is 17.1. The zero-order valence-corrected chi connectivity index (χ0v) is 14.9. The van der Waals surface area contributed by atoms with Gasteiger partial charge in [0, 0.05) is 21.2 Å². The SMILES string of the molecule is CCNC(CCC(C)(C)C)CSc1ccc(Br)cc1. The van der Waals surface area contributed by atoms with Crippen LogP contribution in [0.25, 0.3) is 0 Å². The van der Waals surface area contributed by atoms with Crippen LogP contribution in [0.3, 0.4) is 0 Å². The van der Waals surface area contributed by atoms with Crippen LogP contribution in [0, 0.1) is 5.41 Å². The molecule has 19 heavy (non-hydrogen) atoms. The van der Waals surface area contributed by atoms with E-state index in [1.807, 2.05) is 11.8 Å². The highest BCUT2D eigenvalue weighted by Gasteiger charge is 2.15. The second kappa shape index (κ2) is 8.33. The summed E-state index contributed by atoms with van der Waals surface area (Å²) in [5.74, 6) is 1.14. The Morgan fingerprint density at radius 1 is 1.21 bits per heavy atom. The van der Waals surface area contributed by atoms with Gasteiger partial charge in [0.2, 0.25) is 0 Å². The predicted octanol–water partition coefficient (Wildman–Crippen LogP) is 5.35. The van der Waals surface area contributed by atoms with E-state index in [9.17, 15) is 0 Å². The molecule has 0 bridgehead atoms. The zero-order valence-electron chi connectivity index (χ0n) is 12.5. The number of rotatable bonds is 7. The van der Waals surface area contributed by atoms with E-state index < -0.39 is 0 Å². The van der Waals surface area contributed by atoms with Gasteiger partial charge in [-0.05, 0) is 49.1 Å². The number of nitrogens with one attached hydrogen (secondary N) is 1. The van der Waals surface area contributed by atoms with Crippen molar-refractivity contribution >= 4 is 27.7 Å². The maximum atomic E-state index is 3.61. The Morgan fingerprint density at radius 3 is 2.37 bits per heavy atom. The molecule has 0 aliphatic carbocycles. The average molecular weight is 344 g/mol. The Labute approximate surface area is 131 Å². The molecule has 1 aromatic carbocycles. The topological polar surface area (TPSA) is 12.0 Å². The van der Waals surface area contributed by atoms with Gasteiger partial charge in [-0.3, -0.25) is 0 Å². The number of benzene rings is 1. The highest BCUT2D eigenvalue weighted by atomic mass is 79.9. The quantitative estimate of drug-likeness (QED) is 0.670. The van der Waals surface area contributed by atoms with Gasteiger partial charge < -0.3 is 5.32 Å². The van der Waals surface area contributed by atoms with Crippen LogP contribution in [0.1, 0.15) is 40.5 Å². The predicted molar refractivity (Wildman–Crippen MR) is 91.0 cm³/mol. The molecule has 3 heteroatoms. The Hall–Kier alpha value is 0.01000. The standard InChI is InChI=1S/C16H26BrNS/c1-5-18-14(10-11-16(2,3)4)12-19-15-8-6-13(17)7-9-15/h6-9,14,18H,5,10-12H2,1-4H3. The Kier molecular flexibility index (Phi) is 7.48. The molecular weight excluding hydrogens is 318 g/mol. The molecule has 0 aliphatic heterocycles. The fourth-order valence-corrected chi connectivity index (χ4v) is 3.14. The number of hydrogen-bond acceptors (Lipinski definition) is 2. The molecule has 0 fully saturated rings. The van der Waals surface area contributed by atoms with Crippen LogP contribution in [-0.4, -0.2) is 18.3 Å². The van der Waals surface area contributed by atoms with Crippen LogP contribution in [0.15, 0.2) is 33.6 Å². The monoisotopic (exact) mass is 343 g/mol. The minimum atomic E-state index is 0.427. The van der Waals surface area contributed by atoms with Crippen molar-refractivity contribution in [3.63, 3.8) is 0 Å². The van der Waals surface area contributed by atoms with E-state index in [-0.39, 0.29) is 0 Å². The molecule has 1 N–H and O–H groups in total. The minimum Gasteiger partial charge on any atom is -0.313 e. The van der Waals surface area contributed by atoms with Crippen LogP contribution in [0.2, 0.25) is 0 Å². The average Bonchev–Trinajstić information content (AvgIpc) is 2.34. The Bertz CT molecular complexity index is 356. The molecule has 0 saturated heterocycles. The highest BCUT2D eigenvalue weighted by Crippen LogP contribution is 2.25. The molecule has 1 unspecified atom stereocenters. The molecule has 0 heterocycles. The molecule has 108 valence electrons. The van der Waals surface area contributed by atoms with Gasteiger partial charge in [0.15, 0.2) is 0 Å². The zero-order chi connectivity index (χ0) is 14.3. The molecule has 0 aliphatic rings. The van der Waals surface area contributed by atoms with E-state index in [1.165, 1.54) is 17.7 Å². The number of hydrogen-bond donors (Lipinski definition) is 1. The third kappa shape index (κ3) is 8.01. The van der Waals surface area contributed by atoms with E-state index in [4.69, 9.17) is 0 Å². The van der Waals surface area contributed by atoms with Crippen molar-refractivity contribution in [1.29, 1.82) is 0 Å². The summed E-state index contributed by atoms with van der Waals surface area (Å²) in [6.07, 6.45) is 2.52.